The quantitative estimate of drug-likeness (QED) is 0.209. The van der Waals surface area contributed by atoms with Gasteiger partial charge in [-0.05, 0) is 77.4 Å². The number of ether oxygens (including phenoxy) is 1. The van der Waals surface area contributed by atoms with Gasteiger partial charge in [0.05, 0.1) is 0 Å². The average molecular weight is 435 g/mol. The minimum Gasteiger partial charge on any atom is -0.385 e. The lowest BCUT2D eigenvalue weighted by molar-refractivity contribution is -0.104. The van der Waals surface area contributed by atoms with E-state index in [2.05, 4.69) is 24.8 Å². The van der Waals surface area contributed by atoms with Crippen molar-refractivity contribution in [3.05, 3.63) is 76.9 Å². The van der Waals surface area contributed by atoms with E-state index in [1.807, 2.05) is 6.08 Å². The zero-order valence-electron chi connectivity index (χ0n) is 17.1. The Morgan fingerprint density at radius 3 is 2.57 bits per heavy atom. The first kappa shape index (κ1) is 24.0. The summed E-state index contributed by atoms with van der Waals surface area (Å²) in [7, 11) is 1.69. The van der Waals surface area contributed by atoms with Crippen LogP contribution in [0.2, 0.25) is 0 Å². The van der Waals surface area contributed by atoms with Crippen LogP contribution in [0, 0.1) is 0 Å². The lowest BCUT2D eigenvalue weighted by atomic mass is 10.0. The summed E-state index contributed by atoms with van der Waals surface area (Å²) in [5, 5.41) is 0. The summed E-state index contributed by atoms with van der Waals surface area (Å²) in [5.41, 5.74) is 1.40. The molecule has 30 heavy (non-hydrogen) atoms. The predicted octanol–water partition coefficient (Wildman–Crippen LogP) is 6.74. The van der Waals surface area contributed by atoms with Gasteiger partial charge in [0.15, 0.2) is 0 Å². The van der Waals surface area contributed by atoms with Crippen molar-refractivity contribution in [2.45, 2.75) is 36.6 Å². The Kier molecular flexibility index (Phi) is 8.93. The first-order valence-corrected chi connectivity index (χ1v) is 10.3. The number of thioether (sulfide) groups is 1. The monoisotopic (exact) mass is 434 g/mol. The normalized spacial score (nSPS) is 12.5. The van der Waals surface area contributed by atoms with Crippen LogP contribution >= 0.6 is 11.8 Å². The Balaban J connectivity index is 0.000000575. The van der Waals surface area contributed by atoms with Crippen LogP contribution in [0.1, 0.15) is 35.6 Å². The van der Waals surface area contributed by atoms with Crippen molar-refractivity contribution in [3.63, 3.8) is 0 Å². The SMILES string of the molecule is C=C(C)C=O.COCCCc1ccc2c(c1)C=C(c1ccccc1SC(F)(F)F)C2. The molecule has 3 rings (SSSR count). The molecule has 0 saturated heterocycles. The van der Waals surface area contributed by atoms with Gasteiger partial charge in [0.1, 0.15) is 6.29 Å². The van der Waals surface area contributed by atoms with Gasteiger partial charge in [-0.1, -0.05) is 49.1 Å². The van der Waals surface area contributed by atoms with Crippen molar-refractivity contribution >= 4 is 29.7 Å². The maximum Gasteiger partial charge on any atom is 0.446 e. The lowest BCUT2D eigenvalue weighted by Crippen LogP contribution is -2.01. The van der Waals surface area contributed by atoms with E-state index in [1.54, 1.807) is 32.2 Å². The minimum absolute atomic E-state index is 0.0450. The number of aryl methyl sites for hydroxylation is 1. The molecular formula is C24H25F3O2S. The summed E-state index contributed by atoms with van der Waals surface area (Å²) in [4.78, 5) is 9.66. The number of benzene rings is 2. The molecule has 0 saturated carbocycles. The molecule has 0 fully saturated rings. The summed E-state index contributed by atoms with van der Waals surface area (Å²) in [5.74, 6) is 0. The van der Waals surface area contributed by atoms with E-state index >= 15 is 0 Å². The predicted molar refractivity (Wildman–Crippen MR) is 117 cm³/mol. The Bertz CT molecular complexity index is 917. The fourth-order valence-electron chi connectivity index (χ4n) is 3.08. The minimum atomic E-state index is -4.28. The van der Waals surface area contributed by atoms with Crippen LogP contribution in [-0.2, 0) is 22.4 Å². The Morgan fingerprint density at radius 1 is 1.23 bits per heavy atom. The van der Waals surface area contributed by atoms with E-state index in [0.29, 0.717) is 17.6 Å². The van der Waals surface area contributed by atoms with Gasteiger partial charge in [-0.3, -0.25) is 4.79 Å². The number of methoxy groups -OCH3 is 1. The van der Waals surface area contributed by atoms with Crippen LogP contribution in [0.3, 0.4) is 0 Å². The summed E-state index contributed by atoms with van der Waals surface area (Å²) in [6.45, 7) is 5.69. The largest absolute Gasteiger partial charge is 0.446 e. The van der Waals surface area contributed by atoms with E-state index in [4.69, 9.17) is 4.74 Å². The zero-order valence-corrected chi connectivity index (χ0v) is 17.9. The molecule has 0 atom stereocenters. The van der Waals surface area contributed by atoms with Crippen molar-refractivity contribution in [3.8, 4) is 0 Å². The summed E-state index contributed by atoms with van der Waals surface area (Å²) in [6.07, 6.45) is 5.30. The third kappa shape index (κ3) is 7.50. The second-order valence-electron chi connectivity index (χ2n) is 6.98. The van der Waals surface area contributed by atoms with Crippen LogP contribution in [-0.4, -0.2) is 25.5 Å². The van der Waals surface area contributed by atoms with Gasteiger partial charge >= 0.3 is 5.51 Å². The summed E-state index contributed by atoms with van der Waals surface area (Å²) in [6, 6.07) is 13.1. The number of allylic oxidation sites excluding steroid dienone is 2. The summed E-state index contributed by atoms with van der Waals surface area (Å²) < 4.78 is 43.5. The maximum absolute atomic E-state index is 12.8. The van der Waals surface area contributed by atoms with E-state index < -0.39 is 5.51 Å². The third-order valence-electron chi connectivity index (χ3n) is 4.39. The van der Waals surface area contributed by atoms with Crippen LogP contribution in [0.15, 0.2) is 59.5 Å². The van der Waals surface area contributed by atoms with Crippen LogP contribution in [0.4, 0.5) is 13.2 Å². The van der Waals surface area contributed by atoms with E-state index in [0.717, 1.165) is 42.4 Å². The number of alkyl halides is 3. The third-order valence-corrected chi connectivity index (χ3v) is 5.20. The van der Waals surface area contributed by atoms with Crippen LogP contribution < -0.4 is 0 Å². The molecule has 1 aliphatic rings. The van der Waals surface area contributed by atoms with Crippen molar-refractivity contribution in [1.29, 1.82) is 0 Å². The molecule has 0 aromatic heterocycles. The number of carbonyl (C=O) groups excluding carboxylic acids is 1. The topological polar surface area (TPSA) is 26.3 Å². The molecule has 0 radical (unpaired) electrons. The standard InChI is InChI=1S/C20H19F3OS.C4H6O/c1-24-10-4-5-14-8-9-15-12-17(13-16(15)11-14)18-6-2-3-7-19(18)25-20(21,22)23;1-4(2)3-5/h2-3,6-9,11,13H,4-5,10,12H2,1H3;3H,1H2,2H3. The van der Waals surface area contributed by atoms with E-state index in [-0.39, 0.29) is 16.7 Å². The number of carbonyl (C=O) groups is 1. The van der Waals surface area contributed by atoms with Gasteiger partial charge < -0.3 is 4.74 Å². The first-order chi connectivity index (χ1) is 14.2. The number of halogens is 3. The number of rotatable bonds is 7. The van der Waals surface area contributed by atoms with Crippen molar-refractivity contribution in [1.82, 2.24) is 0 Å². The highest BCUT2D eigenvalue weighted by atomic mass is 32.2. The Hall–Kier alpha value is -2.31. The van der Waals surface area contributed by atoms with Gasteiger partial charge in [0.2, 0.25) is 0 Å². The molecule has 1 aliphatic carbocycles. The maximum atomic E-state index is 12.8. The molecule has 0 heterocycles. The van der Waals surface area contributed by atoms with Crippen molar-refractivity contribution in [2.24, 2.45) is 0 Å². The molecule has 2 nitrogen and oxygen atoms in total. The molecule has 160 valence electrons. The molecule has 0 N–H and O–H groups in total. The average Bonchev–Trinajstić information content (AvgIpc) is 3.11. The molecule has 0 unspecified atom stereocenters. The molecule has 0 amide bonds. The number of aldehydes is 1. The highest BCUT2D eigenvalue weighted by Gasteiger charge is 2.31. The van der Waals surface area contributed by atoms with Gasteiger partial charge in [-0.2, -0.15) is 13.2 Å². The smallest absolute Gasteiger partial charge is 0.385 e. The molecule has 0 spiro atoms. The molecule has 2 aromatic carbocycles. The Morgan fingerprint density at radius 2 is 1.93 bits per heavy atom. The second kappa shape index (κ2) is 11.2. The fraction of sp³-hybridized carbons (Fsp3) is 0.292. The van der Waals surface area contributed by atoms with Gasteiger partial charge in [-0.15, -0.1) is 0 Å². The van der Waals surface area contributed by atoms with Gasteiger partial charge in [-0.25, -0.2) is 0 Å². The Labute approximate surface area is 179 Å². The molecule has 0 aliphatic heterocycles. The molecular weight excluding hydrogens is 409 g/mol. The molecule has 0 bridgehead atoms. The fourth-order valence-corrected chi connectivity index (χ4v) is 3.78. The van der Waals surface area contributed by atoms with E-state index in [1.165, 1.54) is 11.6 Å². The zero-order chi connectivity index (χ0) is 22.1. The number of hydrogen-bond donors (Lipinski definition) is 0. The van der Waals surface area contributed by atoms with Gasteiger partial charge in [0, 0.05) is 18.6 Å². The van der Waals surface area contributed by atoms with Crippen LogP contribution in [0.25, 0.3) is 11.6 Å². The van der Waals surface area contributed by atoms with Crippen molar-refractivity contribution < 1.29 is 22.7 Å². The highest BCUT2D eigenvalue weighted by molar-refractivity contribution is 8.00. The highest BCUT2D eigenvalue weighted by Crippen LogP contribution is 2.42. The first-order valence-electron chi connectivity index (χ1n) is 9.50. The van der Waals surface area contributed by atoms with Gasteiger partial charge in [0.25, 0.3) is 0 Å². The van der Waals surface area contributed by atoms with Crippen LogP contribution in [0.5, 0.6) is 0 Å². The number of fused-ring (bicyclic) bond motifs is 1. The second-order valence-corrected chi connectivity index (χ2v) is 8.09. The molecule has 2 aromatic rings. The van der Waals surface area contributed by atoms with Crippen molar-refractivity contribution in [2.75, 3.05) is 13.7 Å². The van der Waals surface area contributed by atoms with E-state index in [9.17, 15) is 18.0 Å². The number of hydrogen-bond acceptors (Lipinski definition) is 3. The summed E-state index contributed by atoms with van der Waals surface area (Å²) >= 11 is -0.0450. The lowest BCUT2D eigenvalue weighted by Gasteiger charge is -2.11. The molecule has 6 heteroatoms.